The SMILES string of the molecule is Cc1cc(S(=O)(=O)C(C)C)ccc1Nc1ncc2cc(C(F)(F)F)c(=O)n(C3CCCC34CC4)c2n1. The number of benzene rings is 1. The number of aryl methyl sites for hydroxylation is 1. The average Bonchev–Trinajstić information content (AvgIpc) is 3.46. The van der Waals surface area contributed by atoms with Crippen molar-refractivity contribution in [3.05, 3.63) is 51.9 Å². The van der Waals surface area contributed by atoms with Gasteiger partial charge in [-0.1, -0.05) is 6.42 Å². The van der Waals surface area contributed by atoms with Crippen LogP contribution in [0.3, 0.4) is 0 Å². The molecular formula is C25H27F3N4O3S. The number of hydrogen-bond donors (Lipinski definition) is 1. The van der Waals surface area contributed by atoms with Crippen LogP contribution in [0.5, 0.6) is 0 Å². The Morgan fingerprint density at radius 2 is 1.89 bits per heavy atom. The molecule has 1 spiro atoms. The fourth-order valence-corrected chi connectivity index (χ4v) is 6.43. The van der Waals surface area contributed by atoms with E-state index in [4.69, 9.17) is 0 Å². The lowest BCUT2D eigenvalue weighted by atomic mass is 9.99. The number of aromatic nitrogens is 3. The van der Waals surface area contributed by atoms with Crippen LogP contribution in [0.25, 0.3) is 11.0 Å². The molecule has 0 radical (unpaired) electrons. The smallest absolute Gasteiger partial charge is 0.324 e. The molecule has 11 heteroatoms. The third-order valence-corrected chi connectivity index (χ3v) is 9.69. The van der Waals surface area contributed by atoms with Crippen LogP contribution in [0.15, 0.2) is 40.2 Å². The normalized spacial score (nSPS) is 19.4. The molecule has 0 aliphatic heterocycles. The van der Waals surface area contributed by atoms with Gasteiger partial charge in [0.1, 0.15) is 11.2 Å². The zero-order chi connectivity index (χ0) is 26.0. The third kappa shape index (κ3) is 4.07. The molecule has 2 saturated carbocycles. The molecule has 2 fully saturated rings. The Balaban J connectivity index is 1.60. The number of pyridine rings is 1. The lowest BCUT2D eigenvalue weighted by molar-refractivity contribution is -0.138. The summed E-state index contributed by atoms with van der Waals surface area (Å²) in [6, 6.07) is 5.14. The predicted octanol–water partition coefficient (Wildman–Crippen LogP) is 5.55. The van der Waals surface area contributed by atoms with E-state index >= 15 is 0 Å². The van der Waals surface area contributed by atoms with Crippen molar-refractivity contribution >= 4 is 32.5 Å². The highest BCUT2D eigenvalue weighted by molar-refractivity contribution is 7.92. The summed E-state index contributed by atoms with van der Waals surface area (Å²) in [4.78, 5) is 22.0. The monoisotopic (exact) mass is 520 g/mol. The van der Waals surface area contributed by atoms with Crippen molar-refractivity contribution in [3.63, 3.8) is 0 Å². The molecule has 3 aromatic rings. The van der Waals surface area contributed by atoms with E-state index in [1.807, 2.05) is 0 Å². The van der Waals surface area contributed by atoms with Crippen LogP contribution in [-0.2, 0) is 16.0 Å². The van der Waals surface area contributed by atoms with Crippen LogP contribution in [0, 0.1) is 12.3 Å². The lowest BCUT2D eigenvalue weighted by Gasteiger charge is -2.24. The third-order valence-electron chi connectivity index (χ3n) is 7.54. The fourth-order valence-electron chi connectivity index (χ4n) is 5.29. The molecular weight excluding hydrogens is 493 g/mol. The van der Waals surface area contributed by atoms with Crippen LogP contribution in [0.1, 0.15) is 63.1 Å². The highest BCUT2D eigenvalue weighted by atomic mass is 32.2. The van der Waals surface area contributed by atoms with Gasteiger partial charge in [-0.2, -0.15) is 18.2 Å². The molecule has 0 bridgehead atoms. The second-order valence-electron chi connectivity index (χ2n) is 10.2. The summed E-state index contributed by atoms with van der Waals surface area (Å²) >= 11 is 0. The van der Waals surface area contributed by atoms with E-state index in [1.165, 1.54) is 16.8 Å². The first-order valence-corrected chi connectivity index (χ1v) is 13.5. The number of fused-ring (bicyclic) bond motifs is 1. The first kappa shape index (κ1) is 24.7. The van der Waals surface area contributed by atoms with Gasteiger partial charge in [0, 0.05) is 23.3 Å². The Labute approximate surface area is 206 Å². The Hall–Kier alpha value is -2.95. The molecule has 1 N–H and O–H groups in total. The van der Waals surface area contributed by atoms with Crippen molar-refractivity contribution in [1.29, 1.82) is 0 Å². The molecule has 1 atom stereocenters. The quantitative estimate of drug-likeness (QED) is 0.474. The second-order valence-corrected chi connectivity index (χ2v) is 12.7. The van der Waals surface area contributed by atoms with Gasteiger partial charge in [0.05, 0.1) is 10.1 Å². The van der Waals surface area contributed by atoms with Crippen molar-refractivity contribution in [2.45, 2.75) is 75.2 Å². The molecule has 2 aliphatic carbocycles. The molecule has 5 rings (SSSR count). The topological polar surface area (TPSA) is 94.0 Å². The number of nitrogens with one attached hydrogen (secondary N) is 1. The summed E-state index contributed by atoms with van der Waals surface area (Å²) in [5.41, 5.74) is -1.05. The van der Waals surface area contributed by atoms with E-state index in [2.05, 4.69) is 15.3 Å². The Kier molecular flexibility index (Phi) is 5.70. The number of sulfone groups is 1. The first-order valence-electron chi connectivity index (χ1n) is 11.9. The van der Waals surface area contributed by atoms with Gasteiger partial charge >= 0.3 is 6.18 Å². The predicted molar refractivity (Wildman–Crippen MR) is 130 cm³/mol. The van der Waals surface area contributed by atoms with E-state index in [0.29, 0.717) is 17.7 Å². The number of alkyl halides is 3. The average molecular weight is 521 g/mol. The zero-order valence-electron chi connectivity index (χ0n) is 20.2. The maximum atomic E-state index is 13.7. The number of hydrogen-bond acceptors (Lipinski definition) is 6. The number of anilines is 2. The van der Waals surface area contributed by atoms with E-state index in [1.54, 1.807) is 32.9 Å². The Morgan fingerprint density at radius 3 is 2.50 bits per heavy atom. The lowest BCUT2D eigenvalue weighted by Crippen LogP contribution is -2.34. The van der Waals surface area contributed by atoms with Crippen LogP contribution < -0.4 is 10.9 Å². The zero-order valence-corrected chi connectivity index (χ0v) is 21.0. The van der Waals surface area contributed by atoms with Gasteiger partial charge in [-0.05, 0) is 81.7 Å². The largest absolute Gasteiger partial charge is 0.421 e. The maximum Gasteiger partial charge on any atom is 0.421 e. The fraction of sp³-hybridized carbons (Fsp3) is 0.480. The van der Waals surface area contributed by atoms with E-state index in [-0.39, 0.29) is 33.3 Å². The van der Waals surface area contributed by atoms with Crippen molar-refractivity contribution < 1.29 is 21.6 Å². The first-order chi connectivity index (χ1) is 16.8. The molecule has 1 unspecified atom stereocenters. The molecule has 0 saturated heterocycles. The van der Waals surface area contributed by atoms with Gasteiger partial charge in [0.15, 0.2) is 9.84 Å². The van der Waals surface area contributed by atoms with Gasteiger partial charge in [-0.15, -0.1) is 0 Å². The van der Waals surface area contributed by atoms with Crippen LogP contribution in [0.2, 0.25) is 0 Å². The minimum atomic E-state index is -4.78. The van der Waals surface area contributed by atoms with Gasteiger partial charge in [0.2, 0.25) is 5.95 Å². The van der Waals surface area contributed by atoms with Crippen LogP contribution in [0.4, 0.5) is 24.8 Å². The van der Waals surface area contributed by atoms with E-state index in [9.17, 15) is 26.4 Å². The maximum absolute atomic E-state index is 13.7. The van der Waals surface area contributed by atoms with Crippen LogP contribution in [-0.4, -0.2) is 28.2 Å². The molecule has 36 heavy (non-hydrogen) atoms. The van der Waals surface area contributed by atoms with Crippen LogP contribution >= 0.6 is 0 Å². The number of halogens is 3. The molecule has 192 valence electrons. The van der Waals surface area contributed by atoms with Crippen molar-refractivity contribution in [3.8, 4) is 0 Å². The molecule has 1 aromatic carbocycles. The van der Waals surface area contributed by atoms with Gasteiger partial charge in [-0.3, -0.25) is 9.36 Å². The van der Waals surface area contributed by atoms with Gasteiger partial charge in [0.25, 0.3) is 5.56 Å². The van der Waals surface area contributed by atoms with Gasteiger partial charge < -0.3 is 5.32 Å². The van der Waals surface area contributed by atoms with Crippen molar-refractivity contribution in [1.82, 2.24) is 14.5 Å². The summed E-state index contributed by atoms with van der Waals surface area (Å²) in [6.45, 7) is 4.96. The van der Waals surface area contributed by atoms with Crippen molar-refractivity contribution in [2.24, 2.45) is 5.41 Å². The summed E-state index contributed by atoms with van der Waals surface area (Å²) in [7, 11) is -3.45. The Bertz CT molecular complexity index is 1530. The molecule has 2 heterocycles. The van der Waals surface area contributed by atoms with Crippen molar-refractivity contribution in [2.75, 3.05) is 5.32 Å². The highest BCUT2D eigenvalue weighted by Crippen LogP contribution is 2.63. The van der Waals surface area contributed by atoms with E-state index in [0.717, 1.165) is 31.7 Å². The standard InChI is InChI=1S/C25H27F3N4O3S/c1-14(2)36(34,35)17-6-7-19(15(3)11-17)30-23-29-13-16-12-18(25(26,27)28)22(33)32(21(16)31-23)20-5-4-8-24(20)9-10-24/h6-7,11-14,20H,4-5,8-10H2,1-3H3,(H,29,30,31). The molecule has 0 amide bonds. The summed E-state index contributed by atoms with van der Waals surface area (Å²) in [5, 5.41) is 2.61. The van der Waals surface area contributed by atoms with E-state index < -0.39 is 32.4 Å². The summed E-state index contributed by atoms with van der Waals surface area (Å²) in [5.74, 6) is 0.112. The minimum absolute atomic E-state index is 0.112. The molecule has 2 aliphatic rings. The van der Waals surface area contributed by atoms with Gasteiger partial charge in [-0.25, -0.2) is 13.4 Å². The number of nitrogens with zero attached hydrogens (tertiary/aromatic N) is 3. The molecule has 7 nitrogen and oxygen atoms in total. The summed E-state index contributed by atoms with van der Waals surface area (Å²) < 4.78 is 67.4. The molecule has 2 aromatic heterocycles. The second kappa shape index (κ2) is 8.29. The highest BCUT2D eigenvalue weighted by Gasteiger charge is 2.54. The minimum Gasteiger partial charge on any atom is -0.324 e. The summed E-state index contributed by atoms with van der Waals surface area (Å²) in [6.07, 6.45) is 0.671. The Morgan fingerprint density at radius 1 is 1.17 bits per heavy atom. The number of rotatable bonds is 5.